The molecule has 1 unspecified atom stereocenters. The van der Waals surface area contributed by atoms with Gasteiger partial charge in [-0.2, -0.15) is 0 Å². The average Bonchev–Trinajstić information content (AvgIpc) is 3.62. The first-order valence-corrected chi connectivity index (χ1v) is 19.9. The number of nitrogens with one attached hydrogen (secondary N) is 2. The van der Waals surface area contributed by atoms with E-state index in [0.29, 0.717) is 65.5 Å². The van der Waals surface area contributed by atoms with E-state index < -0.39 is 17.9 Å². The minimum Gasteiger partial charge on any atom is -0.508 e. The molecule has 0 fully saturated rings. The number of hydrogen-bond donors (Lipinski definition) is 6. The van der Waals surface area contributed by atoms with Crippen LogP contribution in [-0.4, -0.2) is 78.2 Å². The zero-order chi connectivity index (χ0) is 44.9. The van der Waals surface area contributed by atoms with Gasteiger partial charge in [0.15, 0.2) is 0 Å². The normalized spacial score (nSPS) is 11.5. The van der Waals surface area contributed by atoms with Gasteiger partial charge >= 0.3 is 11.9 Å². The Hall–Kier alpha value is -6.06. The molecule has 0 aliphatic carbocycles. The summed E-state index contributed by atoms with van der Waals surface area (Å²) < 4.78 is 2.91. The molecule has 0 bridgehead atoms. The number of carbonyl (C=O) groups excluding carboxylic acids is 4. The first kappa shape index (κ1) is 46.0. The van der Waals surface area contributed by atoms with E-state index in [2.05, 4.69) is 10.6 Å². The lowest BCUT2D eigenvalue weighted by Gasteiger charge is -2.10. The zero-order valence-corrected chi connectivity index (χ0v) is 35.7. The van der Waals surface area contributed by atoms with Crippen LogP contribution < -0.4 is 10.6 Å². The Bertz CT molecular complexity index is 2740. The third-order valence-corrected chi connectivity index (χ3v) is 11.2. The van der Waals surface area contributed by atoms with E-state index >= 15 is 0 Å². The van der Waals surface area contributed by atoms with Crippen molar-refractivity contribution in [1.82, 2.24) is 19.8 Å². The molecule has 4 aromatic carbocycles. The number of carboxylic acid groups (broad SMARTS) is 2. The molecule has 6 aromatic rings. The Balaban J connectivity index is 0.000000231. The maximum absolute atomic E-state index is 13.3. The molecule has 2 aromatic heterocycles. The summed E-state index contributed by atoms with van der Waals surface area (Å²) in [5.41, 5.74) is 3.84. The number of carbonyl (C=O) groups is 6. The highest BCUT2D eigenvalue weighted by Gasteiger charge is 2.24. The van der Waals surface area contributed by atoms with Crippen LogP contribution >= 0.6 is 46.4 Å². The van der Waals surface area contributed by atoms with Gasteiger partial charge in [0.25, 0.3) is 11.8 Å². The van der Waals surface area contributed by atoms with Crippen LogP contribution in [0.15, 0.2) is 72.8 Å². The summed E-state index contributed by atoms with van der Waals surface area (Å²) in [6.07, 6.45) is -0.351. The van der Waals surface area contributed by atoms with Crippen LogP contribution in [0, 0.1) is 19.8 Å². The predicted molar refractivity (Wildman–Crippen MR) is 232 cm³/mol. The van der Waals surface area contributed by atoms with E-state index in [4.69, 9.17) is 56.6 Å². The lowest BCUT2D eigenvalue weighted by molar-refractivity contribution is -0.141. The van der Waals surface area contributed by atoms with Crippen LogP contribution in [-0.2, 0) is 32.0 Å². The van der Waals surface area contributed by atoms with Gasteiger partial charge in [-0.3, -0.25) is 37.9 Å². The molecule has 0 aliphatic heterocycles. The first-order valence-electron chi connectivity index (χ1n) is 18.4. The third-order valence-electron chi connectivity index (χ3n) is 9.74. The molecule has 1 atom stereocenters. The van der Waals surface area contributed by atoms with Gasteiger partial charge in [0.1, 0.15) is 11.5 Å². The van der Waals surface area contributed by atoms with Gasteiger partial charge in [-0.15, -0.1) is 0 Å². The van der Waals surface area contributed by atoms with Crippen molar-refractivity contribution in [3.05, 3.63) is 127 Å². The maximum atomic E-state index is 13.3. The van der Waals surface area contributed by atoms with Crippen molar-refractivity contribution in [3.8, 4) is 11.5 Å². The quantitative estimate of drug-likeness (QED) is 0.0700. The number of hydrogen-bond acceptors (Lipinski definition) is 8. The summed E-state index contributed by atoms with van der Waals surface area (Å²) in [6.45, 7) is 4.88. The Morgan fingerprint density at radius 3 is 1.43 bits per heavy atom. The van der Waals surface area contributed by atoms with Gasteiger partial charge in [-0.25, -0.2) is 0 Å². The molecular weight excluding hydrogens is 874 g/mol. The summed E-state index contributed by atoms with van der Waals surface area (Å²) in [5.74, 6) is -4.26. The van der Waals surface area contributed by atoms with Gasteiger partial charge < -0.3 is 31.1 Å². The van der Waals surface area contributed by atoms with E-state index in [-0.39, 0.29) is 77.5 Å². The first-order chi connectivity index (χ1) is 28.8. The SMILES string of the molecule is Cc1c(CC(=O)NCC(C)C(=O)O)c2cc(O)ccc2n1C(=O)c1ccc(Cl)c(Cl)c1.Cc1c(CC(=O)NCCC(=O)O)c2cc(O)ccc2n1C(=O)c1ccc(Cl)c(Cl)c1. The van der Waals surface area contributed by atoms with Gasteiger partial charge in [-0.1, -0.05) is 53.3 Å². The van der Waals surface area contributed by atoms with Crippen molar-refractivity contribution in [2.45, 2.75) is 40.0 Å². The number of phenolic OH excluding ortho intramolecular Hbond substituents is 2. The molecule has 0 aliphatic rings. The number of fused-ring (bicyclic) bond motifs is 2. The summed E-state index contributed by atoms with van der Waals surface area (Å²) in [7, 11) is 0. The third kappa shape index (κ3) is 10.6. The minimum atomic E-state index is -1.01. The van der Waals surface area contributed by atoms with Crippen molar-refractivity contribution in [1.29, 1.82) is 0 Å². The molecule has 0 saturated carbocycles. The number of nitrogens with zero attached hydrogens (tertiary/aromatic N) is 2. The fourth-order valence-corrected chi connectivity index (χ4v) is 7.13. The largest absolute Gasteiger partial charge is 0.508 e. The summed E-state index contributed by atoms with van der Waals surface area (Å²) >= 11 is 24.0. The standard InChI is InChI=1S/C22H20Cl2N2O5.C21H18Cl2N2O5/c1-11(22(30)31)10-25-20(28)9-15-12(2)26(19-6-4-14(27)8-16(15)19)21(29)13-3-5-17(23)18(24)7-13;1-11-14(10-19(27)24-7-6-20(28)29)15-9-13(26)3-5-18(15)25(11)21(30)12-2-4-16(22)17(23)8-12/h3-8,11,27H,9-10H2,1-2H3,(H,25,28)(H,30,31);2-5,8-9,26H,6-7,10H2,1H3,(H,24,27)(H,28,29). The summed E-state index contributed by atoms with van der Waals surface area (Å²) in [5, 5.41) is 44.9. The maximum Gasteiger partial charge on any atom is 0.308 e. The molecule has 0 spiro atoms. The molecule has 14 nitrogen and oxygen atoms in total. The van der Waals surface area contributed by atoms with Gasteiger partial charge in [-0.05, 0) is 97.8 Å². The fourth-order valence-electron chi connectivity index (χ4n) is 6.54. The zero-order valence-electron chi connectivity index (χ0n) is 32.7. The fraction of sp³-hybridized carbons (Fsp3) is 0.209. The van der Waals surface area contributed by atoms with E-state index in [1.807, 2.05) is 0 Å². The molecule has 2 heterocycles. The number of amides is 2. The van der Waals surface area contributed by atoms with Crippen LogP contribution in [0.5, 0.6) is 11.5 Å². The lowest BCUT2D eigenvalue weighted by Crippen LogP contribution is -2.32. The number of aromatic hydroxyl groups is 2. The Kier molecular flexibility index (Phi) is 14.7. The van der Waals surface area contributed by atoms with Crippen LogP contribution in [0.3, 0.4) is 0 Å². The molecule has 2 amide bonds. The lowest BCUT2D eigenvalue weighted by atomic mass is 10.1. The Morgan fingerprint density at radius 2 is 1.03 bits per heavy atom. The van der Waals surface area contributed by atoms with Gasteiger partial charge in [0.2, 0.25) is 11.8 Å². The number of phenols is 2. The molecule has 6 N–H and O–H groups in total. The number of halogens is 4. The number of carboxylic acids is 2. The van der Waals surface area contributed by atoms with E-state index in [1.54, 1.807) is 38.1 Å². The molecule has 318 valence electrons. The van der Waals surface area contributed by atoms with Crippen LogP contribution in [0.2, 0.25) is 20.1 Å². The summed E-state index contributed by atoms with van der Waals surface area (Å²) in [4.78, 5) is 72.8. The number of aliphatic carboxylic acids is 2. The minimum absolute atomic E-state index is 0.000685. The van der Waals surface area contributed by atoms with Crippen LogP contribution in [0.4, 0.5) is 0 Å². The summed E-state index contributed by atoms with van der Waals surface area (Å²) in [6, 6.07) is 18.2. The highest BCUT2D eigenvalue weighted by atomic mass is 35.5. The Labute approximate surface area is 368 Å². The number of benzene rings is 4. The van der Waals surface area contributed by atoms with Gasteiger partial charge in [0.05, 0.1) is 56.3 Å². The molecule has 61 heavy (non-hydrogen) atoms. The molecule has 0 saturated heterocycles. The van der Waals surface area contributed by atoms with Crippen molar-refractivity contribution in [2.24, 2.45) is 5.92 Å². The van der Waals surface area contributed by atoms with Crippen LogP contribution in [0.25, 0.3) is 21.8 Å². The predicted octanol–water partition coefficient (Wildman–Crippen LogP) is 7.81. The van der Waals surface area contributed by atoms with Crippen molar-refractivity contribution < 1.29 is 49.2 Å². The second-order valence-corrected chi connectivity index (χ2v) is 15.6. The van der Waals surface area contributed by atoms with E-state index in [1.165, 1.54) is 64.6 Å². The molecular formula is C43H38Cl4N4O10. The van der Waals surface area contributed by atoms with Crippen molar-refractivity contribution in [2.75, 3.05) is 13.1 Å². The number of aromatic nitrogens is 2. The molecule has 0 radical (unpaired) electrons. The van der Waals surface area contributed by atoms with Gasteiger partial charge in [0, 0.05) is 46.4 Å². The highest BCUT2D eigenvalue weighted by Crippen LogP contribution is 2.33. The van der Waals surface area contributed by atoms with Crippen LogP contribution in [0.1, 0.15) is 56.6 Å². The monoisotopic (exact) mass is 910 g/mol. The van der Waals surface area contributed by atoms with Crippen molar-refractivity contribution in [3.63, 3.8) is 0 Å². The Morgan fingerprint density at radius 1 is 0.607 bits per heavy atom. The molecule has 6 rings (SSSR count). The smallest absolute Gasteiger partial charge is 0.308 e. The topological polar surface area (TPSA) is 217 Å². The van der Waals surface area contributed by atoms with Crippen molar-refractivity contribution >= 4 is 104 Å². The second-order valence-electron chi connectivity index (χ2n) is 14.0. The average molecular weight is 913 g/mol. The van der Waals surface area contributed by atoms with E-state index in [0.717, 1.165) is 0 Å². The second kappa shape index (κ2) is 19.5. The highest BCUT2D eigenvalue weighted by molar-refractivity contribution is 6.42. The molecule has 18 heteroatoms. The number of rotatable bonds is 12. The van der Waals surface area contributed by atoms with E-state index in [9.17, 15) is 39.0 Å².